The molecule has 0 amide bonds. The van der Waals surface area contributed by atoms with E-state index in [0.717, 1.165) is 36.4 Å². The second-order valence-electron chi connectivity index (χ2n) is 5.49. The van der Waals surface area contributed by atoms with Crippen molar-refractivity contribution in [1.82, 2.24) is 10.2 Å². The molecule has 112 valence electrons. The Morgan fingerprint density at radius 2 is 2.10 bits per heavy atom. The monoisotopic (exact) mass is 340 g/mol. The van der Waals surface area contributed by atoms with Crippen molar-refractivity contribution in [3.8, 4) is 5.75 Å². The Balaban J connectivity index is 2.25. The van der Waals surface area contributed by atoms with Crippen molar-refractivity contribution < 1.29 is 4.74 Å². The zero-order valence-electron chi connectivity index (χ0n) is 12.7. The summed E-state index contributed by atoms with van der Waals surface area (Å²) in [6.07, 6.45) is 2.35. The normalized spacial score (nSPS) is 19.0. The van der Waals surface area contributed by atoms with Crippen molar-refractivity contribution in [2.75, 3.05) is 26.7 Å². The van der Waals surface area contributed by atoms with E-state index in [-0.39, 0.29) is 5.54 Å². The molecule has 0 atom stereocenters. The van der Waals surface area contributed by atoms with Gasteiger partial charge >= 0.3 is 0 Å². The predicted molar refractivity (Wildman–Crippen MR) is 87.3 cm³/mol. The minimum absolute atomic E-state index is 0.269. The molecule has 1 aliphatic heterocycles. The summed E-state index contributed by atoms with van der Waals surface area (Å²) in [6.45, 7) is 8.78. The van der Waals surface area contributed by atoms with E-state index in [1.807, 2.05) is 12.1 Å². The smallest absolute Gasteiger partial charge is 0.123 e. The van der Waals surface area contributed by atoms with Crippen LogP contribution in [0, 0.1) is 0 Å². The summed E-state index contributed by atoms with van der Waals surface area (Å²) < 4.78 is 6.63. The standard InChI is InChI=1S/C16H25BrN2O/c1-4-16(5-2)12-18-8-9-19(16)11-13-10-14(17)6-7-15(13)20-3/h6-7,10,18H,4-5,8-9,11-12H2,1-3H3. The number of rotatable bonds is 5. The molecular formula is C16H25BrN2O. The molecule has 1 aliphatic rings. The van der Waals surface area contributed by atoms with Gasteiger partial charge in [-0.3, -0.25) is 4.90 Å². The quantitative estimate of drug-likeness (QED) is 0.888. The van der Waals surface area contributed by atoms with Crippen molar-refractivity contribution in [3.05, 3.63) is 28.2 Å². The van der Waals surface area contributed by atoms with E-state index >= 15 is 0 Å². The molecule has 20 heavy (non-hydrogen) atoms. The lowest BCUT2D eigenvalue weighted by Crippen LogP contribution is -2.60. The Hall–Kier alpha value is -0.580. The fourth-order valence-electron chi connectivity index (χ4n) is 3.15. The summed E-state index contributed by atoms with van der Waals surface area (Å²) in [7, 11) is 1.75. The van der Waals surface area contributed by atoms with Gasteiger partial charge in [0, 0.05) is 41.8 Å². The van der Waals surface area contributed by atoms with Crippen LogP contribution in [0.1, 0.15) is 32.3 Å². The first-order valence-electron chi connectivity index (χ1n) is 7.43. The second kappa shape index (κ2) is 6.92. The maximum atomic E-state index is 5.51. The van der Waals surface area contributed by atoms with Crippen molar-refractivity contribution in [2.45, 2.75) is 38.8 Å². The minimum Gasteiger partial charge on any atom is -0.496 e. The average molecular weight is 341 g/mol. The zero-order chi connectivity index (χ0) is 14.6. The van der Waals surface area contributed by atoms with Gasteiger partial charge in [-0.25, -0.2) is 0 Å². The van der Waals surface area contributed by atoms with Crippen LogP contribution < -0.4 is 10.1 Å². The largest absolute Gasteiger partial charge is 0.496 e. The molecule has 1 fully saturated rings. The lowest BCUT2D eigenvalue weighted by Gasteiger charge is -2.47. The van der Waals surface area contributed by atoms with Crippen LogP contribution in [0.2, 0.25) is 0 Å². The van der Waals surface area contributed by atoms with Crippen LogP contribution >= 0.6 is 15.9 Å². The molecule has 0 spiro atoms. The molecule has 2 rings (SSSR count). The molecule has 1 aromatic carbocycles. The molecular weight excluding hydrogens is 316 g/mol. The maximum Gasteiger partial charge on any atom is 0.123 e. The number of hydrogen-bond donors (Lipinski definition) is 1. The Morgan fingerprint density at radius 3 is 2.75 bits per heavy atom. The molecule has 1 saturated heterocycles. The van der Waals surface area contributed by atoms with Crippen molar-refractivity contribution >= 4 is 15.9 Å². The predicted octanol–water partition coefficient (Wildman–Crippen LogP) is 3.42. The first-order chi connectivity index (χ1) is 9.65. The minimum atomic E-state index is 0.269. The summed E-state index contributed by atoms with van der Waals surface area (Å²) in [5, 5.41) is 3.55. The van der Waals surface area contributed by atoms with Crippen molar-refractivity contribution in [1.29, 1.82) is 0 Å². The van der Waals surface area contributed by atoms with Gasteiger partial charge in [-0.05, 0) is 31.0 Å². The molecule has 0 radical (unpaired) electrons. The van der Waals surface area contributed by atoms with E-state index in [0.29, 0.717) is 0 Å². The van der Waals surface area contributed by atoms with E-state index in [9.17, 15) is 0 Å². The Labute approximate surface area is 130 Å². The highest BCUT2D eigenvalue weighted by atomic mass is 79.9. The van der Waals surface area contributed by atoms with Gasteiger partial charge in [0.1, 0.15) is 5.75 Å². The van der Waals surface area contributed by atoms with Crippen LogP contribution in [-0.2, 0) is 6.54 Å². The van der Waals surface area contributed by atoms with Gasteiger partial charge < -0.3 is 10.1 Å². The fourth-order valence-corrected chi connectivity index (χ4v) is 3.56. The molecule has 1 N–H and O–H groups in total. The van der Waals surface area contributed by atoms with Crippen LogP contribution in [0.4, 0.5) is 0 Å². The first kappa shape index (κ1) is 15.8. The molecule has 1 heterocycles. The van der Waals surface area contributed by atoms with Crippen LogP contribution in [0.5, 0.6) is 5.75 Å². The van der Waals surface area contributed by atoms with E-state index in [1.54, 1.807) is 7.11 Å². The molecule has 0 aliphatic carbocycles. The summed E-state index contributed by atoms with van der Waals surface area (Å²) in [5.41, 5.74) is 1.53. The highest BCUT2D eigenvalue weighted by Gasteiger charge is 2.35. The van der Waals surface area contributed by atoms with Gasteiger partial charge in [0.05, 0.1) is 7.11 Å². The SMILES string of the molecule is CCC1(CC)CNCCN1Cc1cc(Br)ccc1OC. The van der Waals surface area contributed by atoms with Gasteiger partial charge in [0.15, 0.2) is 0 Å². The summed E-state index contributed by atoms with van der Waals surface area (Å²) in [4.78, 5) is 2.62. The van der Waals surface area contributed by atoms with E-state index in [4.69, 9.17) is 4.74 Å². The van der Waals surface area contributed by atoms with Gasteiger partial charge in [-0.15, -0.1) is 0 Å². The number of nitrogens with zero attached hydrogens (tertiary/aromatic N) is 1. The molecule has 0 saturated carbocycles. The highest BCUT2D eigenvalue weighted by molar-refractivity contribution is 9.10. The van der Waals surface area contributed by atoms with Crippen LogP contribution in [0.15, 0.2) is 22.7 Å². The molecule has 4 heteroatoms. The number of ether oxygens (including phenoxy) is 1. The van der Waals surface area contributed by atoms with E-state index in [1.165, 1.54) is 18.4 Å². The zero-order valence-corrected chi connectivity index (χ0v) is 14.3. The lowest BCUT2D eigenvalue weighted by atomic mass is 9.88. The number of benzene rings is 1. The number of halogens is 1. The van der Waals surface area contributed by atoms with Crippen LogP contribution in [0.3, 0.4) is 0 Å². The third kappa shape index (κ3) is 3.18. The number of nitrogens with one attached hydrogen (secondary N) is 1. The lowest BCUT2D eigenvalue weighted by molar-refractivity contribution is 0.0441. The fraction of sp³-hybridized carbons (Fsp3) is 0.625. The third-order valence-corrected chi connectivity index (χ3v) is 5.10. The summed E-state index contributed by atoms with van der Waals surface area (Å²) in [6, 6.07) is 6.26. The third-order valence-electron chi connectivity index (χ3n) is 4.60. The van der Waals surface area contributed by atoms with E-state index in [2.05, 4.69) is 46.1 Å². The topological polar surface area (TPSA) is 24.5 Å². The molecule has 3 nitrogen and oxygen atoms in total. The average Bonchev–Trinajstić information content (AvgIpc) is 2.48. The van der Waals surface area contributed by atoms with Crippen LogP contribution in [0.25, 0.3) is 0 Å². The summed E-state index contributed by atoms with van der Waals surface area (Å²) >= 11 is 3.57. The van der Waals surface area contributed by atoms with Crippen molar-refractivity contribution in [2.24, 2.45) is 0 Å². The second-order valence-corrected chi connectivity index (χ2v) is 6.40. The highest BCUT2D eigenvalue weighted by Crippen LogP contribution is 2.31. The van der Waals surface area contributed by atoms with Crippen molar-refractivity contribution in [3.63, 3.8) is 0 Å². The number of hydrogen-bond acceptors (Lipinski definition) is 3. The number of piperazine rings is 1. The number of methoxy groups -OCH3 is 1. The molecule has 0 unspecified atom stereocenters. The van der Waals surface area contributed by atoms with Crippen LogP contribution in [-0.4, -0.2) is 37.2 Å². The van der Waals surface area contributed by atoms with Gasteiger partial charge in [-0.1, -0.05) is 29.8 Å². The van der Waals surface area contributed by atoms with Gasteiger partial charge in [0.2, 0.25) is 0 Å². The molecule has 0 aromatic heterocycles. The summed E-state index contributed by atoms with van der Waals surface area (Å²) in [5.74, 6) is 0.979. The van der Waals surface area contributed by atoms with Gasteiger partial charge in [0.25, 0.3) is 0 Å². The molecule has 1 aromatic rings. The Bertz CT molecular complexity index is 446. The van der Waals surface area contributed by atoms with E-state index < -0.39 is 0 Å². The Kier molecular flexibility index (Phi) is 5.47. The maximum absolute atomic E-state index is 5.51. The van der Waals surface area contributed by atoms with Gasteiger partial charge in [-0.2, -0.15) is 0 Å². The molecule has 0 bridgehead atoms. The Morgan fingerprint density at radius 1 is 1.35 bits per heavy atom. The first-order valence-corrected chi connectivity index (χ1v) is 8.22.